The maximum atomic E-state index is 12.6. The zero-order valence-corrected chi connectivity index (χ0v) is 12.2. The van der Waals surface area contributed by atoms with Crippen LogP contribution in [0.25, 0.3) is 10.8 Å². The van der Waals surface area contributed by atoms with E-state index in [2.05, 4.69) is 0 Å². The lowest BCUT2D eigenvalue weighted by Crippen LogP contribution is -2.43. The highest BCUT2D eigenvalue weighted by atomic mass is 16.2. The fourth-order valence-electron chi connectivity index (χ4n) is 2.95. The van der Waals surface area contributed by atoms with E-state index >= 15 is 0 Å². The lowest BCUT2D eigenvalue weighted by molar-refractivity contribution is -0.125. The number of likely N-dealkylation sites (tertiary alicyclic amines) is 1. The molecule has 0 N–H and O–H groups in total. The van der Waals surface area contributed by atoms with Gasteiger partial charge >= 0.3 is 0 Å². The molecule has 1 unspecified atom stereocenters. The predicted molar refractivity (Wildman–Crippen MR) is 83.3 cm³/mol. The normalized spacial score (nSPS) is 19.0. The molecular formula is C18H19NO2. The minimum Gasteiger partial charge on any atom is -0.337 e. The second kappa shape index (κ2) is 5.68. The molecule has 1 fully saturated rings. The van der Waals surface area contributed by atoms with Crippen molar-refractivity contribution in [2.75, 3.05) is 13.1 Å². The SMILES string of the molecule is CCC1CN(C(=O)c2ccc3ccccc3c2)CCC1=O. The lowest BCUT2D eigenvalue weighted by Gasteiger charge is -2.31. The smallest absolute Gasteiger partial charge is 0.253 e. The fraction of sp³-hybridized carbons (Fsp3) is 0.333. The number of piperidine rings is 1. The summed E-state index contributed by atoms with van der Waals surface area (Å²) in [5.74, 6) is 0.329. The van der Waals surface area contributed by atoms with Crippen LogP contribution in [0.3, 0.4) is 0 Å². The van der Waals surface area contributed by atoms with Crippen LogP contribution in [-0.2, 0) is 4.79 Å². The molecule has 1 heterocycles. The Hall–Kier alpha value is -2.16. The van der Waals surface area contributed by atoms with Crippen LogP contribution in [0.1, 0.15) is 30.1 Å². The van der Waals surface area contributed by atoms with Gasteiger partial charge in [0, 0.05) is 31.0 Å². The zero-order chi connectivity index (χ0) is 14.8. The second-order valence-electron chi connectivity index (χ2n) is 5.63. The maximum absolute atomic E-state index is 12.6. The molecule has 21 heavy (non-hydrogen) atoms. The molecule has 3 nitrogen and oxygen atoms in total. The molecule has 2 aromatic carbocycles. The van der Waals surface area contributed by atoms with Crippen molar-refractivity contribution in [1.29, 1.82) is 0 Å². The maximum Gasteiger partial charge on any atom is 0.253 e. The molecule has 0 spiro atoms. The van der Waals surface area contributed by atoms with Gasteiger partial charge < -0.3 is 4.90 Å². The van der Waals surface area contributed by atoms with Crippen molar-refractivity contribution in [3.8, 4) is 0 Å². The van der Waals surface area contributed by atoms with Gasteiger partial charge in [0.25, 0.3) is 5.91 Å². The number of carbonyl (C=O) groups is 2. The van der Waals surface area contributed by atoms with Crippen LogP contribution in [0.2, 0.25) is 0 Å². The number of benzene rings is 2. The van der Waals surface area contributed by atoms with Gasteiger partial charge in [0.2, 0.25) is 0 Å². The summed E-state index contributed by atoms with van der Waals surface area (Å²) in [5.41, 5.74) is 0.706. The van der Waals surface area contributed by atoms with Crippen LogP contribution in [0.15, 0.2) is 42.5 Å². The van der Waals surface area contributed by atoms with Gasteiger partial charge in [-0.3, -0.25) is 9.59 Å². The number of amides is 1. The Kier molecular flexibility index (Phi) is 3.74. The monoisotopic (exact) mass is 281 g/mol. The van der Waals surface area contributed by atoms with Crippen molar-refractivity contribution < 1.29 is 9.59 Å². The first kappa shape index (κ1) is 13.8. The van der Waals surface area contributed by atoms with Crippen LogP contribution in [0.5, 0.6) is 0 Å². The van der Waals surface area contributed by atoms with E-state index in [0.29, 0.717) is 30.9 Å². The molecule has 0 aromatic heterocycles. The number of nitrogens with zero attached hydrogens (tertiary/aromatic N) is 1. The van der Waals surface area contributed by atoms with E-state index in [1.165, 1.54) is 0 Å². The molecule has 1 saturated heterocycles. The van der Waals surface area contributed by atoms with Crippen molar-refractivity contribution in [1.82, 2.24) is 4.90 Å². The summed E-state index contributed by atoms with van der Waals surface area (Å²) in [6, 6.07) is 13.8. The Morgan fingerprint density at radius 2 is 1.95 bits per heavy atom. The first-order valence-corrected chi connectivity index (χ1v) is 7.50. The van der Waals surface area contributed by atoms with Gasteiger partial charge in [0.05, 0.1) is 0 Å². The number of carbonyl (C=O) groups excluding carboxylic acids is 2. The summed E-state index contributed by atoms with van der Waals surface area (Å²) in [7, 11) is 0. The standard InChI is InChI=1S/C18H19NO2/c1-2-13-12-19(10-9-17(13)20)18(21)16-8-7-14-5-3-4-6-15(14)11-16/h3-8,11,13H,2,9-10,12H2,1H3. The van der Waals surface area contributed by atoms with Gasteiger partial charge in [0.1, 0.15) is 5.78 Å². The quantitative estimate of drug-likeness (QED) is 0.847. The van der Waals surface area contributed by atoms with E-state index in [9.17, 15) is 9.59 Å². The Balaban J connectivity index is 1.84. The third-order valence-electron chi connectivity index (χ3n) is 4.30. The van der Waals surface area contributed by atoms with E-state index in [0.717, 1.165) is 17.2 Å². The molecule has 0 aliphatic carbocycles. The largest absolute Gasteiger partial charge is 0.337 e. The molecule has 1 aliphatic heterocycles. The fourth-order valence-corrected chi connectivity index (χ4v) is 2.95. The van der Waals surface area contributed by atoms with Gasteiger partial charge in [-0.15, -0.1) is 0 Å². The van der Waals surface area contributed by atoms with E-state index in [1.54, 1.807) is 0 Å². The van der Waals surface area contributed by atoms with E-state index in [-0.39, 0.29) is 11.8 Å². The molecule has 1 aliphatic rings. The zero-order valence-electron chi connectivity index (χ0n) is 12.2. The Bertz CT molecular complexity index is 692. The highest BCUT2D eigenvalue weighted by Crippen LogP contribution is 2.21. The Labute approximate surface area is 124 Å². The van der Waals surface area contributed by atoms with E-state index < -0.39 is 0 Å². The third kappa shape index (κ3) is 2.68. The third-order valence-corrected chi connectivity index (χ3v) is 4.30. The van der Waals surface area contributed by atoms with Crippen molar-refractivity contribution in [2.45, 2.75) is 19.8 Å². The molecule has 3 rings (SSSR count). The molecule has 1 amide bonds. The summed E-state index contributed by atoms with van der Waals surface area (Å²) >= 11 is 0. The summed E-state index contributed by atoms with van der Waals surface area (Å²) in [4.78, 5) is 26.2. The minimum absolute atomic E-state index is 0.00292. The van der Waals surface area contributed by atoms with Crippen LogP contribution < -0.4 is 0 Å². The van der Waals surface area contributed by atoms with Gasteiger partial charge in [-0.1, -0.05) is 37.3 Å². The Morgan fingerprint density at radius 3 is 2.71 bits per heavy atom. The van der Waals surface area contributed by atoms with Gasteiger partial charge in [0.15, 0.2) is 0 Å². The van der Waals surface area contributed by atoms with E-state index in [4.69, 9.17) is 0 Å². The lowest BCUT2D eigenvalue weighted by atomic mass is 9.93. The molecular weight excluding hydrogens is 262 g/mol. The molecule has 3 heteroatoms. The number of hydrogen-bond acceptors (Lipinski definition) is 2. The summed E-state index contributed by atoms with van der Waals surface area (Å²) in [6.45, 7) is 3.11. The van der Waals surface area contributed by atoms with Crippen LogP contribution in [-0.4, -0.2) is 29.7 Å². The van der Waals surface area contributed by atoms with Gasteiger partial charge in [-0.05, 0) is 29.3 Å². The highest BCUT2D eigenvalue weighted by Gasteiger charge is 2.28. The van der Waals surface area contributed by atoms with Crippen molar-refractivity contribution in [3.05, 3.63) is 48.0 Å². The first-order valence-electron chi connectivity index (χ1n) is 7.50. The highest BCUT2D eigenvalue weighted by molar-refractivity contribution is 5.99. The predicted octanol–water partition coefficient (Wildman–Crippen LogP) is 3.28. The summed E-state index contributed by atoms with van der Waals surface area (Å²) in [6.07, 6.45) is 1.29. The minimum atomic E-state index is 0.00292. The van der Waals surface area contributed by atoms with Crippen LogP contribution in [0.4, 0.5) is 0 Å². The molecule has 0 saturated carbocycles. The average molecular weight is 281 g/mol. The number of Topliss-reactive ketones (excluding diaryl/α,β-unsaturated/α-hetero) is 1. The number of rotatable bonds is 2. The van der Waals surface area contributed by atoms with Crippen LogP contribution in [0, 0.1) is 5.92 Å². The Morgan fingerprint density at radius 1 is 1.19 bits per heavy atom. The van der Waals surface area contributed by atoms with Crippen LogP contribution >= 0.6 is 0 Å². The molecule has 2 aromatic rings. The van der Waals surface area contributed by atoms with Gasteiger partial charge in [-0.2, -0.15) is 0 Å². The first-order chi connectivity index (χ1) is 10.2. The molecule has 1 atom stereocenters. The number of fused-ring (bicyclic) bond motifs is 1. The average Bonchev–Trinajstić information content (AvgIpc) is 2.54. The molecule has 108 valence electrons. The number of ketones is 1. The van der Waals surface area contributed by atoms with E-state index in [1.807, 2.05) is 54.3 Å². The van der Waals surface area contributed by atoms with Crippen molar-refractivity contribution in [3.63, 3.8) is 0 Å². The molecule has 0 radical (unpaired) electrons. The number of hydrogen-bond donors (Lipinski definition) is 0. The topological polar surface area (TPSA) is 37.4 Å². The van der Waals surface area contributed by atoms with Crippen molar-refractivity contribution in [2.24, 2.45) is 5.92 Å². The molecule has 0 bridgehead atoms. The summed E-state index contributed by atoms with van der Waals surface area (Å²) < 4.78 is 0. The summed E-state index contributed by atoms with van der Waals surface area (Å²) in [5, 5.41) is 2.21. The van der Waals surface area contributed by atoms with Gasteiger partial charge in [-0.25, -0.2) is 0 Å². The second-order valence-corrected chi connectivity index (χ2v) is 5.63. The van der Waals surface area contributed by atoms with Crippen molar-refractivity contribution >= 4 is 22.5 Å².